The number of thiophene rings is 1. The van der Waals surface area contributed by atoms with Crippen LogP contribution in [0.4, 0.5) is 5.00 Å². The Labute approximate surface area is 179 Å². The molecule has 2 atom stereocenters. The Kier molecular flexibility index (Phi) is 5.05. The van der Waals surface area contributed by atoms with Crippen molar-refractivity contribution in [2.45, 2.75) is 52.6 Å². The Bertz CT molecular complexity index is 954. The highest BCUT2D eigenvalue weighted by Crippen LogP contribution is 2.47. The van der Waals surface area contributed by atoms with Crippen molar-refractivity contribution in [1.82, 2.24) is 5.32 Å². The molecule has 0 unspecified atom stereocenters. The SMILES string of the molecule is CCC(C)(C)[C@@H]1CCc2c(sc3c2C(=O)N[C@H](c2cc(Cl)cc(Cl)c2O)N3)C1. The molecule has 1 aromatic heterocycles. The summed E-state index contributed by atoms with van der Waals surface area (Å²) in [6.07, 6.45) is 3.64. The number of hydrogen-bond donors (Lipinski definition) is 3. The highest BCUT2D eigenvalue weighted by molar-refractivity contribution is 7.16. The molecule has 0 fully saturated rings. The molecule has 1 aromatic carbocycles. The maximum Gasteiger partial charge on any atom is 0.256 e. The first-order valence-corrected chi connectivity index (χ1v) is 11.2. The number of aromatic hydroxyl groups is 1. The monoisotopic (exact) mass is 438 g/mol. The van der Waals surface area contributed by atoms with Gasteiger partial charge in [0.25, 0.3) is 5.91 Å². The summed E-state index contributed by atoms with van der Waals surface area (Å²) in [4.78, 5) is 14.2. The molecule has 0 saturated heterocycles. The Balaban J connectivity index is 1.67. The topological polar surface area (TPSA) is 61.4 Å². The number of halogens is 2. The first-order chi connectivity index (χ1) is 13.2. The minimum atomic E-state index is -0.570. The normalized spacial score (nSPS) is 21.5. The summed E-state index contributed by atoms with van der Waals surface area (Å²) in [6, 6.07) is 3.11. The van der Waals surface area contributed by atoms with Gasteiger partial charge in [-0.1, -0.05) is 50.4 Å². The number of hydrogen-bond acceptors (Lipinski definition) is 4. The van der Waals surface area contributed by atoms with Crippen LogP contribution in [-0.4, -0.2) is 11.0 Å². The number of rotatable bonds is 3. The smallest absolute Gasteiger partial charge is 0.256 e. The minimum Gasteiger partial charge on any atom is -0.506 e. The summed E-state index contributed by atoms with van der Waals surface area (Å²) in [5.41, 5.74) is 2.70. The van der Waals surface area contributed by atoms with Crippen LogP contribution < -0.4 is 10.6 Å². The second kappa shape index (κ2) is 7.12. The Morgan fingerprint density at radius 1 is 1.29 bits per heavy atom. The maximum atomic E-state index is 12.9. The second-order valence-corrected chi connectivity index (χ2v) is 10.3. The van der Waals surface area contributed by atoms with Gasteiger partial charge in [0, 0.05) is 15.5 Å². The van der Waals surface area contributed by atoms with E-state index in [-0.39, 0.29) is 16.7 Å². The zero-order valence-corrected chi connectivity index (χ0v) is 18.5. The van der Waals surface area contributed by atoms with E-state index >= 15 is 0 Å². The molecule has 28 heavy (non-hydrogen) atoms. The number of nitrogens with one attached hydrogen (secondary N) is 2. The highest BCUT2D eigenvalue weighted by Gasteiger charge is 2.37. The molecule has 0 radical (unpaired) electrons. The van der Waals surface area contributed by atoms with Crippen molar-refractivity contribution >= 4 is 45.4 Å². The van der Waals surface area contributed by atoms with Crippen molar-refractivity contribution < 1.29 is 9.90 Å². The third-order valence-corrected chi connectivity index (χ3v) is 8.12. The number of amides is 1. The highest BCUT2D eigenvalue weighted by atomic mass is 35.5. The molecule has 3 N–H and O–H groups in total. The van der Waals surface area contributed by atoms with Crippen LogP contribution in [0.1, 0.15) is 66.1 Å². The van der Waals surface area contributed by atoms with Crippen LogP contribution in [0.15, 0.2) is 12.1 Å². The van der Waals surface area contributed by atoms with Crippen molar-refractivity contribution in [2.75, 3.05) is 5.32 Å². The van der Waals surface area contributed by atoms with Crippen LogP contribution in [-0.2, 0) is 12.8 Å². The van der Waals surface area contributed by atoms with Gasteiger partial charge in [0.1, 0.15) is 16.9 Å². The van der Waals surface area contributed by atoms with E-state index in [1.807, 2.05) is 0 Å². The average Bonchev–Trinajstić information content (AvgIpc) is 3.02. The summed E-state index contributed by atoms with van der Waals surface area (Å²) in [5.74, 6) is 0.443. The zero-order chi connectivity index (χ0) is 20.2. The Morgan fingerprint density at radius 2 is 2.04 bits per heavy atom. The van der Waals surface area contributed by atoms with E-state index in [0.29, 0.717) is 21.9 Å². The van der Waals surface area contributed by atoms with E-state index in [2.05, 4.69) is 31.4 Å². The first kappa shape index (κ1) is 19.9. The van der Waals surface area contributed by atoms with Crippen LogP contribution >= 0.6 is 34.5 Å². The molecule has 2 aromatic rings. The quantitative estimate of drug-likeness (QED) is 0.537. The van der Waals surface area contributed by atoms with Gasteiger partial charge < -0.3 is 15.7 Å². The molecule has 7 heteroatoms. The number of carbonyl (C=O) groups excluding carboxylic acids is 1. The lowest BCUT2D eigenvalue weighted by molar-refractivity contribution is 0.0934. The lowest BCUT2D eigenvalue weighted by Crippen LogP contribution is -2.38. The van der Waals surface area contributed by atoms with Crippen LogP contribution in [0.2, 0.25) is 10.0 Å². The van der Waals surface area contributed by atoms with E-state index in [1.165, 1.54) is 16.5 Å². The number of fused-ring (bicyclic) bond motifs is 3. The van der Waals surface area contributed by atoms with Crippen molar-refractivity contribution in [3.8, 4) is 5.75 Å². The van der Waals surface area contributed by atoms with Crippen molar-refractivity contribution in [2.24, 2.45) is 11.3 Å². The molecule has 0 saturated carbocycles. The number of phenols is 1. The minimum absolute atomic E-state index is 0.0709. The lowest BCUT2D eigenvalue weighted by atomic mass is 9.69. The van der Waals surface area contributed by atoms with Crippen LogP contribution in [0.5, 0.6) is 5.75 Å². The van der Waals surface area contributed by atoms with Gasteiger partial charge in [-0.05, 0) is 48.3 Å². The molecule has 2 heterocycles. The number of carbonyl (C=O) groups is 1. The van der Waals surface area contributed by atoms with Gasteiger partial charge in [0.15, 0.2) is 0 Å². The van der Waals surface area contributed by atoms with E-state index < -0.39 is 6.17 Å². The first-order valence-electron chi connectivity index (χ1n) is 9.61. The number of anilines is 1. The predicted octanol–water partition coefficient (Wildman–Crippen LogP) is 6.16. The predicted molar refractivity (Wildman–Crippen MR) is 116 cm³/mol. The molecular formula is C21H24Cl2N2O2S. The van der Waals surface area contributed by atoms with E-state index in [4.69, 9.17) is 23.2 Å². The fourth-order valence-electron chi connectivity index (χ4n) is 4.22. The zero-order valence-electron chi connectivity index (χ0n) is 16.2. The van der Waals surface area contributed by atoms with Crippen molar-refractivity contribution in [3.05, 3.63) is 43.7 Å². The molecule has 4 rings (SSSR count). The molecule has 0 bridgehead atoms. The van der Waals surface area contributed by atoms with Gasteiger partial charge in [-0.25, -0.2) is 0 Å². The molecular weight excluding hydrogens is 415 g/mol. The standard InChI is InChI=1S/C21H24Cl2N2O2S/c1-4-21(2,3)10-5-6-12-15(7-10)28-20-16(12)19(27)24-18(25-20)13-8-11(22)9-14(23)17(13)26/h8-10,18,25-26H,4-7H2,1-3H3,(H,24,27)/t10-,18+/m1/s1. The fraction of sp³-hybridized carbons (Fsp3) is 0.476. The third kappa shape index (κ3) is 3.27. The van der Waals surface area contributed by atoms with E-state index in [1.54, 1.807) is 17.4 Å². The molecule has 150 valence electrons. The van der Waals surface area contributed by atoms with Crippen molar-refractivity contribution in [1.29, 1.82) is 0 Å². The van der Waals surface area contributed by atoms with Gasteiger partial charge in [0.05, 0.1) is 10.6 Å². The molecule has 0 spiro atoms. The molecule has 1 aliphatic heterocycles. The molecule has 1 amide bonds. The van der Waals surface area contributed by atoms with Crippen LogP contribution in [0.25, 0.3) is 0 Å². The van der Waals surface area contributed by atoms with Crippen LogP contribution in [0.3, 0.4) is 0 Å². The average molecular weight is 439 g/mol. The number of benzene rings is 1. The Hall–Kier alpha value is -1.43. The van der Waals surface area contributed by atoms with Gasteiger partial charge in [0.2, 0.25) is 0 Å². The summed E-state index contributed by atoms with van der Waals surface area (Å²) in [6.45, 7) is 6.92. The van der Waals surface area contributed by atoms with Gasteiger partial charge in [-0.2, -0.15) is 0 Å². The largest absolute Gasteiger partial charge is 0.506 e. The van der Waals surface area contributed by atoms with Gasteiger partial charge >= 0.3 is 0 Å². The second-order valence-electron chi connectivity index (χ2n) is 8.37. The fourth-order valence-corrected chi connectivity index (χ4v) is 6.08. The number of phenolic OH excluding ortho intramolecular Hbond substituents is 1. The van der Waals surface area contributed by atoms with Gasteiger partial charge in [-0.3, -0.25) is 4.79 Å². The van der Waals surface area contributed by atoms with Crippen molar-refractivity contribution in [3.63, 3.8) is 0 Å². The summed E-state index contributed by atoms with van der Waals surface area (Å²) < 4.78 is 0. The Morgan fingerprint density at radius 3 is 2.75 bits per heavy atom. The van der Waals surface area contributed by atoms with E-state index in [0.717, 1.165) is 36.2 Å². The molecule has 4 nitrogen and oxygen atoms in total. The lowest BCUT2D eigenvalue weighted by Gasteiger charge is -2.36. The molecule has 2 aliphatic rings. The third-order valence-electron chi connectivity index (χ3n) is 6.43. The maximum absolute atomic E-state index is 12.9. The molecule has 1 aliphatic carbocycles. The van der Waals surface area contributed by atoms with Gasteiger partial charge in [-0.15, -0.1) is 11.3 Å². The summed E-state index contributed by atoms with van der Waals surface area (Å²) >= 11 is 13.8. The summed E-state index contributed by atoms with van der Waals surface area (Å²) in [7, 11) is 0. The van der Waals surface area contributed by atoms with E-state index in [9.17, 15) is 9.90 Å². The summed E-state index contributed by atoms with van der Waals surface area (Å²) in [5, 5.41) is 18.1. The van der Waals surface area contributed by atoms with Crippen LogP contribution in [0, 0.1) is 11.3 Å².